The fourth-order valence-electron chi connectivity index (χ4n) is 3.42. The highest BCUT2D eigenvalue weighted by atomic mass is 16.2. The molecule has 29 heavy (non-hydrogen) atoms. The molecule has 1 aliphatic heterocycles. The molecule has 0 saturated carbocycles. The quantitative estimate of drug-likeness (QED) is 0.558. The van der Waals surface area contributed by atoms with Crippen LogP contribution in [0.2, 0.25) is 0 Å². The van der Waals surface area contributed by atoms with Crippen molar-refractivity contribution in [2.24, 2.45) is 0 Å². The highest BCUT2D eigenvalue weighted by Gasteiger charge is 2.46. The predicted octanol–water partition coefficient (Wildman–Crippen LogP) is 2.43. The van der Waals surface area contributed by atoms with E-state index in [1.807, 2.05) is 60.7 Å². The van der Waals surface area contributed by atoms with E-state index in [2.05, 4.69) is 0 Å². The van der Waals surface area contributed by atoms with E-state index in [0.29, 0.717) is 4.90 Å². The van der Waals surface area contributed by atoms with Crippen molar-refractivity contribution >= 4 is 23.8 Å². The first-order valence-electron chi connectivity index (χ1n) is 9.37. The highest BCUT2D eigenvalue weighted by molar-refractivity contribution is 6.45. The minimum absolute atomic E-state index is 0.394. The zero-order valence-corrected chi connectivity index (χ0v) is 16.6. The van der Waals surface area contributed by atoms with Crippen molar-refractivity contribution < 1.29 is 19.2 Å². The molecule has 0 bridgehead atoms. The maximum Gasteiger partial charge on any atom is 0.334 e. The van der Waals surface area contributed by atoms with Crippen LogP contribution in [0.4, 0.5) is 4.79 Å². The number of imide groups is 2. The third-order valence-electron chi connectivity index (χ3n) is 4.90. The van der Waals surface area contributed by atoms with E-state index < -0.39 is 42.4 Å². The minimum atomic E-state index is -0.971. The van der Waals surface area contributed by atoms with Crippen molar-refractivity contribution in [3.8, 4) is 0 Å². The summed E-state index contributed by atoms with van der Waals surface area (Å²) >= 11 is 0. The average molecular weight is 393 g/mol. The van der Waals surface area contributed by atoms with E-state index in [9.17, 15) is 19.2 Å². The zero-order valence-electron chi connectivity index (χ0n) is 16.6. The number of likely N-dealkylation sites (N-methyl/N-ethyl adjacent to an activating group) is 1. The number of rotatable bonds is 6. The Balaban J connectivity index is 1.86. The number of urea groups is 1. The summed E-state index contributed by atoms with van der Waals surface area (Å²) in [7, 11) is 1.63. The van der Waals surface area contributed by atoms with Gasteiger partial charge < -0.3 is 4.90 Å². The van der Waals surface area contributed by atoms with Gasteiger partial charge in [0.1, 0.15) is 6.54 Å². The zero-order chi connectivity index (χ0) is 21.1. The first kappa shape index (κ1) is 20.3. The number of benzene rings is 2. The molecule has 0 atom stereocenters. The lowest BCUT2D eigenvalue weighted by atomic mass is 9.97. The maximum absolute atomic E-state index is 13.0. The van der Waals surface area contributed by atoms with Crippen molar-refractivity contribution in [2.75, 3.05) is 13.6 Å². The van der Waals surface area contributed by atoms with Crippen LogP contribution in [-0.2, 0) is 14.4 Å². The molecule has 0 aliphatic carbocycles. The van der Waals surface area contributed by atoms with E-state index >= 15 is 0 Å². The molecule has 0 aromatic heterocycles. The van der Waals surface area contributed by atoms with Crippen LogP contribution in [0.5, 0.6) is 0 Å². The van der Waals surface area contributed by atoms with Gasteiger partial charge in [-0.3, -0.25) is 19.3 Å². The lowest BCUT2D eigenvalue weighted by Crippen LogP contribution is -2.44. The fourth-order valence-corrected chi connectivity index (χ4v) is 3.42. The summed E-state index contributed by atoms with van der Waals surface area (Å²) in [6.45, 7) is 2.79. The summed E-state index contributed by atoms with van der Waals surface area (Å²) < 4.78 is 0. The molecule has 3 rings (SSSR count). The molecule has 1 heterocycles. The molecule has 0 radical (unpaired) electrons. The normalized spacial score (nSPS) is 14.3. The minimum Gasteiger partial charge on any atom is -0.333 e. The van der Waals surface area contributed by atoms with E-state index in [1.165, 1.54) is 4.90 Å². The van der Waals surface area contributed by atoms with Gasteiger partial charge in [-0.25, -0.2) is 9.69 Å². The molecule has 1 fully saturated rings. The summed E-state index contributed by atoms with van der Waals surface area (Å²) in [6, 6.07) is 17.4. The molecule has 0 N–H and O–H groups in total. The Bertz CT molecular complexity index is 888. The number of carbonyl (C=O) groups excluding carboxylic acids is 4. The van der Waals surface area contributed by atoms with Crippen molar-refractivity contribution in [1.82, 2.24) is 14.7 Å². The standard InChI is InChI=1S/C22H23N3O4/c1-15(2)25-21(28)20(27)24(22(25)29)14-18(26)23(3)19(16-10-6-4-7-11-16)17-12-8-5-9-13-17/h4-13,15,19H,14H2,1-3H3. The monoisotopic (exact) mass is 393 g/mol. The molecule has 1 aliphatic rings. The Morgan fingerprint density at radius 2 is 1.34 bits per heavy atom. The molecule has 150 valence electrons. The lowest BCUT2D eigenvalue weighted by molar-refractivity contribution is -0.145. The third-order valence-corrected chi connectivity index (χ3v) is 4.90. The summed E-state index contributed by atoms with van der Waals surface area (Å²) in [5.41, 5.74) is 1.79. The smallest absolute Gasteiger partial charge is 0.333 e. The number of nitrogens with zero attached hydrogens (tertiary/aromatic N) is 3. The van der Waals surface area contributed by atoms with Gasteiger partial charge in [-0.2, -0.15) is 0 Å². The summed E-state index contributed by atoms with van der Waals surface area (Å²) in [4.78, 5) is 52.9. The van der Waals surface area contributed by atoms with E-state index in [1.54, 1.807) is 20.9 Å². The summed E-state index contributed by atoms with van der Waals surface area (Å²) in [6.07, 6.45) is 0. The van der Waals surface area contributed by atoms with Gasteiger partial charge in [-0.1, -0.05) is 60.7 Å². The number of hydrogen-bond donors (Lipinski definition) is 0. The van der Waals surface area contributed by atoms with Gasteiger partial charge in [-0.15, -0.1) is 0 Å². The van der Waals surface area contributed by atoms with Gasteiger partial charge in [-0.05, 0) is 25.0 Å². The summed E-state index contributed by atoms with van der Waals surface area (Å²) in [5, 5.41) is 0. The molecule has 7 nitrogen and oxygen atoms in total. The largest absolute Gasteiger partial charge is 0.334 e. The Hall–Kier alpha value is -3.48. The predicted molar refractivity (Wildman–Crippen MR) is 107 cm³/mol. The van der Waals surface area contributed by atoms with Crippen LogP contribution in [0.1, 0.15) is 31.0 Å². The van der Waals surface area contributed by atoms with E-state index in [-0.39, 0.29) is 0 Å². The Morgan fingerprint density at radius 1 is 0.862 bits per heavy atom. The van der Waals surface area contributed by atoms with Crippen LogP contribution < -0.4 is 0 Å². The fraction of sp³-hybridized carbons (Fsp3) is 0.273. The van der Waals surface area contributed by atoms with Gasteiger partial charge in [0.05, 0.1) is 6.04 Å². The SMILES string of the molecule is CC(C)N1C(=O)C(=O)N(CC(=O)N(C)C(c2ccccc2)c2ccccc2)C1=O. The van der Waals surface area contributed by atoms with E-state index in [0.717, 1.165) is 16.0 Å². The molecule has 0 unspecified atom stereocenters. The van der Waals surface area contributed by atoms with Crippen LogP contribution in [0, 0.1) is 0 Å². The Morgan fingerprint density at radius 3 is 1.76 bits per heavy atom. The first-order chi connectivity index (χ1) is 13.8. The average Bonchev–Trinajstić information content (AvgIpc) is 2.93. The summed E-state index contributed by atoms with van der Waals surface area (Å²) in [5.74, 6) is -2.31. The van der Waals surface area contributed by atoms with Crippen LogP contribution in [0.3, 0.4) is 0 Å². The second kappa shape index (κ2) is 8.26. The topological polar surface area (TPSA) is 78.0 Å². The molecular weight excluding hydrogens is 370 g/mol. The van der Waals surface area contributed by atoms with Crippen LogP contribution in [0.15, 0.2) is 60.7 Å². The molecule has 5 amide bonds. The Labute approximate surface area is 169 Å². The number of carbonyl (C=O) groups is 4. The van der Waals surface area contributed by atoms with Gasteiger partial charge in [0, 0.05) is 13.1 Å². The highest BCUT2D eigenvalue weighted by Crippen LogP contribution is 2.28. The van der Waals surface area contributed by atoms with Gasteiger partial charge in [0.15, 0.2) is 0 Å². The molecule has 1 saturated heterocycles. The second-order valence-corrected chi connectivity index (χ2v) is 7.17. The third kappa shape index (κ3) is 3.89. The Kier molecular flexibility index (Phi) is 5.77. The van der Waals surface area contributed by atoms with Crippen LogP contribution in [-0.4, -0.2) is 58.1 Å². The number of hydrogen-bond acceptors (Lipinski definition) is 4. The number of amides is 5. The van der Waals surface area contributed by atoms with Crippen molar-refractivity contribution in [3.63, 3.8) is 0 Å². The molecule has 2 aromatic rings. The second-order valence-electron chi connectivity index (χ2n) is 7.17. The van der Waals surface area contributed by atoms with Crippen molar-refractivity contribution in [1.29, 1.82) is 0 Å². The molecule has 2 aromatic carbocycles. The van der Waals surface area contributed by atoms with E-state index in [4.69, 9.17) is 0 Å². The van der Waals surface area contributed by atoms with Crippen molar-refractivity contribution in [2.45, 2.75) is 25.9 Å². The van der Waals surface area contributed by atoms with Gasteiger partial charge in [0.25, 0.3) is 0 Å². The van der Waals surface area contributed by atoms with Crippen LogP contribution >= 0.6 is 0 Å². The van der Waals surface area contributed by atoms with Crippen LogP contribution in [0.25, 0.3) is 0 Å². The molecule has 7 heteroatoms. The lowest BCUT2D eigenvalue weighted by Gasteiger charge is -2.30. The molecule has 0 spiro atoms. The maximum atomic E-state index is 13.0. The first-order valence-corrected chi connectivity index (χ1v) is 9.37. The van der Waals surface area contributed by atoms with Gasteiger partial charge in [0.2, 0.25) is 5.91 Å². The van der Waals surface area contributed by atoms with Gasteiger partial charge >= 0.3 is 17.8 Å². The molecular formula is C22H23N3O4. The van der Waals surface area contributed by atoms with Crippen molar-refractivity contribution in [3.05, 3.63) is 71.8 Å².